The van der Waals surface area contributed by atoms with Crippen LogP contribution in [0.25, 0.3) is 0 Å². The lowest BCUT2D eigenvalue weighted by molar-refractivity contribution is -0.384. The predicted molar refractivity (Wildman–Crippen MR) is 76.5 cm³/mol. The lowest BCUT2D eigenvalue weighted by Gasteiger charge is -2.14. The number of hydrogen-bond acceptors (Lipinski definition) is 4. The number of halogens is 1. The van der Waals surface area contributed by atoms with E-state index in [4.69, 9.17) is 11.6 Å². The van der Waals surface area contributed by atoms with Crippen molar-refractivity contribution in [2.24, 2.45) is 0 Å². The molecule has 0 saturated carbocycles. The molecular weight excluding hydrogens is 278 g/mol. The second-order valence-corrected chi connectivity index (χ2v) is 4.44. The van der Waals surface area contributed by atoms with Gasteiger partial charge in [0.25, 0.3) is 5.69 Å². The summed E-state index contributed by atoms with van der Waals surface area (Å²) in [7, 11) is 0. The van der Waals surface area contributed by atoms with Crippen molar-refractivity contribution in [3.05, 3.63) is 69.2 Å². The van der Waals surface area contributed by atoms with Crippen molar-refractivity contribution in [3.63, 3.8) is 0 Å². The fourth-order valence-electron chi connectivity index (χ4n) is 1.76. The van der Waals surface area contributed by atoms with Crippen LogP contribution in [0.4, 0.5) is 11.4 Å². The standard InChI is InChI=1S/C14H10ClN3O2/c15-13-7-2-1-6-12(13)14(9-16)17-10-4-3-5-11(8-10)18(19)20/h1-8,14,17H. The van der Waals surface area contributed by atoms with Crippen molar-refractivity contribution in [2.75, 3.05) is 5.32 Å². The molecule has 0 bridgehead atoms. The number of nitriles is 1. The monoisotopic (exact) mass is 287 g/mol. The minimum atomic E-state index is -0.675. The summed E-state index contributed by atoms with van der Waals surface area (Å²) in [6.07, 6.45) is 0. The van der Waals surface area contributed by atoms with Crippen molar-refractivity contribution in [1.82, 2.24) is 0 Å². The molecule has 1 unspecified atom stereocenters. The van der Waals surface area contributed by atoms with E-state index in [1.54, 1.807) is 36.4 Å². The van der Waals surface area contributed by atoms with Gasteiger partial charge < -0.3 is 5.32 Å². The molecule has 2 aromatic rings. The molecule has 0 amide bonds. The normalized spacial score (nSPS) is 11.4. The Hall–Kier alpha value is -2.58. The number of anilines is 1. The summed E-state index contributed by atoms with van der Waals surface area (Å²) in [4.78, 5) is 10.2. The van der Waals surface area contributed by atoms with Crippen LogP contribution in [0.15, 0.2) is 48.5 Å². The highest BCUT2D eigenvalue weighted by Gasteiger charge is 2.14. The minimum Gasteiger partial charge on any atom is -0.366 e. The Balaban J connectivity index is 2.28. The van der Waals surface area contributed by atoms with Gasteiger partial charge in [0.2, 0.25) is 0 Å². The maximum atomic E-state index is 10.7. The molecule has 0 fully saturated rings. The summed E-state index contributed by atoms with van der Waals surface area (Å²) >= 11 is 6.05. The van der Waals surface area contributed by atoms with E-state index in [1.807, 2.05) is 0 Å². The van der Waals surface area contributed by atoms with Crippen molar-refractivity contribution in [2.45, 2.75) is 6.04 Å². The number of nitro groups is 1. The topological polar surface area (TPSA) is 79.0 Å². The summed E-state index contributed by atoms with van der Waals surface area (Å²) in [6.45, 7) is 0. The third kappa shape index (κ3) is 3.05. The highest BCUT2D eigenvalue weighted by atomic mass is 35.5. The molecular formula is C14H10ClN3O2. The van der Waals surface area contributed by atoms with E-state index in [2.05, 4.69) is 11.4 Å². The van der Waals surface area contributed by atoms with Crippen LogP contribution in [-0.4, -0.2) is 4.92 Å². The fraction of sp³-hybridized carbons (Fsp3) is 0.0714. The van der Waals surface area contributed by atoms with Crippen LogP contribution < -0.4 is 5.32 Å². The van der Waals surface area contributed by atoms with Crippen LogP contribution in [-0.2, 0) is 0 Å². The number of nitro benzene ring substituents is 1. The molecule has 2 aromatic carbocycles. The van der Waals surface area contributed by atoms with Crippen LogP contribution in [0.2, 0.25) is 5.02 Å². The second-order valence-electron chi connectivity index (χ2n) is 4.04. The number of nitrogens with one attached hydrogen (secondary N) is 1. The van der Waals surface area contributed by atoms with Gasteiger partial charge >= 0.3 is 0 Å². The van der Waals surface area contributed by atoms with Gasteiger partial charge in [-0.3, -0.25) is 10.1 Å². The maximum Gasteiger partial charge on any atom is 0.271 e. The molecule has 1 N–H and O–H groups in total. The van der Waals surface area contributed by atoms with Crippen molar-refractivity contribution >= 4 is 23.0 Å². The predicted octanol–water partition coefficient (Wildman–Crippen LogP) is 3.92. The van der Waals surface area contributed by atoms with Crippen molar-refractivity contribution in [1.29, 1.82) is 5.26 Å². The van der Waals surface area contributed by atoms with Crippen LogP contribution in [0, 0.1) is 21.4 Å². The van der Waals surface area contributed by atoms with E-state index >= 15 is 0 Å². The Morgan fingerprint density at radius 2 is 2.00 bits per heavy atom. The first-order valence-electron chi connectivity index (χ1n) is 5.77. The van der Waals surface area contributed by atoms with E-state index in [-0.39, 0.29) is 5.69 Å². The first-order chi connectivity index (χ1) is 9.61. The Bertz CT molecular complexity index is 682. The quantitative estimate of drug-likeness (QED) is 0.682. The van der Waals surface area contributed by atoms with E-state index in [1.165, 1.54) is 12.1 Å². The van der Waals surface area contributed by atoms with Crippen molar-refractivity contribution < 1.29 is 4.92 Å². The smallest absolute Gasteiger partial charge is 0.271 e. The first kappa shape index (κ1) is 13.8. The lowest BCUT2D eigenvalue weighted by atomic mass is 10.1. The summed E-state index contributed by atoms with van der Waals surface area (Å²) in [5.41, 5.74) is 1.08. The second kappa shape index (κ2) is 6.04. The van der Waals surface area contributed by atoms with Gasteiger partial charge in [-0.1, -0.05) is 35.9 Å². The number of rotatable bonds is 4. The first-order valence-corrected chi connectivity index (χ1v) is 6.14. The van der Waals surface area contributed by atoms with E-state index < -0.39 is 11.0 Å². The summed E-state index contributed by atoms with van der Waals surface area (Å²) in [5, 5.41) is 23.4. The largest absolute Gasteiger partial charge is 0.366 e. The third-order valence-corrected chi connectivity index (χ3v) is 3.06. The van der Waals surface area contributed by atoms with Crippen LogP contribution in [0.1, 0.15) is 11.6 Å². The van der Waals surface area contributed by atoms with E-state index in [0.717, 1.165) is 0 Å². The van der Waals surface area contributed by atoms with Gasteiger partial charge in [0, 0.05) is 28.4 Å². The van der Waals surface area contributed by atoms with Gasteiger partial charge in [-0.25, -0.2) is 0 Å². The van der Waals surface area contributed by atoms with Gasteiger partial charge in [-0.15, -0.1) is 0 Å². The highest BCUT2D eigenvalue weighted by molar-refractivity contribution is 6.31. The Kier molecular flexibility index (Phi) is 4.18. The molecule has 0 saturated heterocycles. The SMILES string of the molecule is N#CC(Nc1cccc([N+](=O)[O-])c1)c1ccccc1Cl. The van der Waals surface area contributed by atoms with Crippen LogP contribution in [0.5, 0.6) is 0 Å². The zero-order valence-corrected chi connectivity index (χ0v) is 11.0. The highest BCUT2D eigenvalue weighted by Crippen LogP contribution is 2.27. The average molecular weight is 288 g/mol. The Morgan fingerprint density at radius 3 is 2.65 bits per heavy atom. The Labute approximate surface area is 120 Å². The molecule has 0 aromatic heterocycles. The van der Waals surface area contributed by atoms with Crippen LogP contribution >= 0.6 is 11.6 Å². The van der Waals surface area contributed by atoms with E-state index in [9.17, 15) is 15.4 Å². The Morgan fingerprint density at radius 1 is 1.25 bits per heavy atom. The summed E-state index contributed by atoms with van der Waals surface area (Å²) in [5.74, 6) is 0. The van der Waals surface area contributed by atoms with Gasteiger partial charge in [0.15, 0.2) is 0 Å². The number of non-ortho nitro benzene ring substituents is 1. The molecule has 0 aliphatic rings. The molecule has 100 valence electrons. The summed E-state index contributed by atoms with van der Waals surface area (Å²) < 4.78 is 0. The fourth-order valence-corrected chi connectivity index (χ4v) is 2.01. The molecule has 0 heterocycles. The minimum absolute atomic E-state index is 0.0363. The third-order valence-electron chi connectivity index (χ3n) is 2.71. The zero-order chi connectivity index (χ0) is 14.5. The average Bonchev–Trinajstić information content (AvgIpc) is 2.46. The molecule has 0 radical (unpaired) electrons. The number of hydrogen-bond donors (Lipinski definition) is 1. The number of benzene rings is 2. The van der Waals surface area contributed by atoms with Gasteiger partial charge in [-0.2, -0.15) is 5.26 Å². The molecule has 2 rings (SSSR count). The number of nitrogens with zero attached hydrogens (tertiary/aromatic N) is 2. The molecule has 20 heavy (non-hydrogen) atoms. The molecule has 0 aliphatic heterocycles. The van der Waals surface area contributed by atoms with Gasteiger partial charge in [-0.05, 0) is 12.1 Å². The molecule has 5 nitrogen and oxygen atoms in total. The van der Waals surface area contributed by atoms with Gasteiger partial charge in [0.05, 0.1) is 11.0 Å². The summed E-state index contributed by atoms with van der Waals surface area (Å²) in [6, 6.07) is 14.4. The zero-order valence-electron chi connectivity index (χ0n) is 10.3. The van der Waals surface area contributed by atoms with Crippen molar-refractivity contribution in [3.8, 4) is 6.07 Å². The molecule has 6 heteroatoms. The van der Waals surface area contributed by atoms with Crippen LogP contribution in [0.3, 0.4) is 0 Å². The molecule has 0 aliphatic carbocycles. The van der Waals surface area contributed by atoms with Gasteiger partial charge in [0.1, 0.15) is 6.04 Å². The van der Waals surface area contributed by atoms with E-state index in [0.29, 0.717) is 16.3 Å². The molecule has 0 spiro atoms. The molecule has 1 atom stereocenters. The maximum absolute atomic E-state index is 10.7. The lowest BCUT2D eigenvalue weighted by Crippen LogP contribution is -2.09.